The average Bonchev–Trinajstić information content (AvgIpc) is 2.27. The van der Waals surface area contributed by atoms with Crippen molar-refractivity contribution in [3.63, 3.8) is 0 Å². The summed E-state index contributed by atoms with van der Waals surface area (Å²) < 4.78 is 23.2. The van der Waals surface area contributed by atoms with Crippen LogP contribution in [-0.4, -0.2) is 27.3 Å². The third-order valence-electron chi connectivity index (χ3n) is 2.65. The van der Waals surface area contributed by atoms with Crippen LogP contribution in [0.5, 0.6) is 0 Å². The third kappa shape index (κ3) is 4.02. The van der Waals surface area contributed by atoms with E-state index in [0.717, 1.165) is 12.8 Å². The SMILES string of the molecule is CCC(CCN)Nc1ccccc1S(C)(=O)=O. The van der Waals surface area contributed by atoms with Gasteiger partial charge in [-0.1, -0.05) is 19.1 Å². The molecule has 0 aliphatic carbocycles. The van der Waals surface area contributed by atoms with E-state index in [1.165, 1.54) is 6.26 Å². The summed E-state index contributed by atoms with van der Waals surface area (Å²) in [5, 5.41) is 3.25. The lowest BCUT2D eigenvalue weighted by Gasteiger charge is -2.19. The molecule has 0 spiro atoms. The molecule has 0 aromatic heterocycles. The van der Waals surface area contributed by atoms with Gasteiger partial charge < -0.3 is 11.1 Å². The van der Waals surface area contributed by atoms with E-state index in [0.29, 0.717) is 17.1 Å². The lowest BCUT2D eigenvalue weighted by molar-refractivity contribution is 0.601. The van der Waals surface area contributed by atoms with Crippen molar-refractivity contribution < 1.29 is 8.42 Å². The van der Waals surface area contributed by atoms with E-state index in [1.807, 2.05) is 6.07 Å². The van der Waals surface area contributed by atoms with Crippen LogP contribution in [0.15, 0.2) is 29.2 Å². The van der Waals surface area contributed by atoms with Crippen molar-refractivity contribution in [2.75, 3.05) is 18.1 Å². The van der Waals surface area contributed by atoms with Gasteiger partial charge in [-0.25, -0.2) is 8.42 Å². The van der Waals surface area contributed by atoms with Gasteiger partial charge in [0.05, 0.1) is 10.6 Å². The Morgan fingerprint density at radius 2 is 2.00 bits per heavy atom. The maximum atomic E-state index is 11.6. The van der Waals surface area contributed by atoms with Crippen LogP contribution in [0.1, 0.15) is 19.8 Å². The number of sulfone groups is 1. The number of hydrogen-bond donors (Lipinski definition) is 2. The summed E-state index contributed by atoms with van der Waals surface area (Å²) in [5.74, 6) is 0. The molecule has 0 aliphatic heterocycles. The van der Waals surface area contributed by atoms with E-state index in [2.05, 4.69) is 12.2 Å². The van der Waals surface area contributed by atoms with Crippen molar-refractivity contribution in [1.82, 2.24) is 0 Å². The van der Waals surface area contributed by atoms with Crippen LogP contribution < -0.4 is 11.1 Å². The van der Waals surface area contributed by atoms with Crippen molar-refractivity contribution >= 4 is 15.5 Å². The number of hydrogen-bond acceptors (Lipinski definition) is 4. The fourth-order valence-corrected chi connectivity index (χ4v) is 2.56. The topological polar surface area (TPSA) is 72.2 Å². The highest BCUT2D eigenvalue weighted by molar-refractivity contribution is 7.90. The fraction of sp³-hybridized carbons (Fsp3) is 0.500. The van der Waals surface area contributed by atoms with Gasteiger partial charge in [0.2, 0.25) is 0 Å². The van der Waals surface area contributed by atoms with E-state index in [9.17, 15) is 8.42 Å². The van der Waals surface area contributed by atoms with E-state index < -0.39 is 9.84 Å². The van der Waals surface area contributed by atoms with E-state index in [1.54, 1.807) is 18.2 Å². The van der Waals surface area contributed by atoms with Crippen molar-refractivity contribution in [2.45, 2.75) is 30.7 Å². The largest absolute Gasteiger partial charge is 0.381 e. The first-order chi connectivity index (χ1) is 7.99. The van der Waals surface area contributed by atoms with Crippen LogP contribution in [0.2, 0.25) is 0 Å². The molecule has 1 aromatic rings. The van der Waals surface area contributed by atoms with Crippen LogP contribution in [0.25, 0.3) is 0 Å². The van der Waals surface area contributed by atoms with Crippen molar-refractivity contribution in [3.8, 4) is 0 Å². The summed E-state index contributed by atoms with van der Waals surface area (Å²) in [6.07, 6.45) is 2.96. The standard InChI is InChI=1S/C12H20N2O2S/c1-3-10(8-9-13)14-11-6-4-5-7-12(11)17(2,15)16/h4-7,10,14H,3,8-9,13H2,1-2H3. The predicted octanol–water partition coefficient (Wildman–Crippen LogP) is 1.63. The highest BCUT2D eigenvalue weighted by atomic mass is 32.2. The molecule has 1 unspecified atom stereocenters. The number of rotatable bonds is 6. The van der Waals surface area contributed by atoms with Crippen LogP contribution in [-0.2, 0) is 9.84 Å². The van der Waals surface area contributed by atoms with Crippen molar-refractivity contribution in [3.05, 3.63) is 24.3 Å². The normalized spacial score (nSPS) is 13.4. The smallest absolute Gasteiger partial charge is 0.177 e. The molecule has 1 aromatic carbocycles. The first-order valence-electron chi connectivity index (χ1n) is 5.74. The minimum Gasteiger partial charge on any atom is -0.381 e. The van der Waals surface area contributed by atoms with Gasteiger partial charge in [-0.2, -0.15) is 0 Å². The molecule has 0 aliphatic rings. The number of benzene rings is 1. The highest BCUT2D eigenvalue weighted by Gasteiger charge is 2.14. The molecule has 0 amide bonds. The Balaban J connectivity index is 2.98. The quantitative estimate of drug-likeness (QED) is 0.811. The molecule has 96 valence electrons. The molecule has 0 radical (unpaired) electrons. The fourth-order valence-electron chi connectivity index (χ4n) is 1.71. The van der Waals surface area contributed by atoms with Gasteiger partial charge in [-0.3, -0.25) is 0 Å². The zero-order valence-corrected chi connectivity index (χ0v) is 11.1. The van der Waals surface area contributed by atoms with Gasteiger partial charge >= 0.3 is 0 Å². The summed E-state index contributed by atoms with van der Waals surface area (Å²) in [6.45, 7) is 2.64. The van der Waals surface area contributed by atoms with Crippen LogP contribution in [0.4, 0.5) is 5.69 Å². The Hall–Kier alpha value is -1.07. The van der Waals surface area contributed by atoms with Crippen LogP contribution in [0, 0.1) is 0 Å². The summed E-state index contributed by atoms with van der Waals surface area (Å²) in [5.41, 5.74) is 6.19. The Labute approximate surface area is 103 Å². The van der Waals surface area contributed by atoms with Crippen molar-refractivity contribution in [2.24, 2.45) is 5.73 Å². The molecule has 0 fully saturated rings. The molecule has 1 rings (SSSR count). The van der Waals surface area contributed by atoms with Gasteiger partial charge in [0.1, 0.15) is 0 Å². The first-order valence-corrected chi connectivity index (χ1v) is 7.63. The van der Waals surface area contributed by atoms with Crippen molar-refractivity contribution in [1.29, 1.82) is 0 Å². The highest BCUT2D eigenvalue weighted by Crippen LogP contribution is 2.22. The molecule has 17 heavy (non-hydrogen) atoms. The minimum atomic E-state index is -3.20. The van der Waals surface area contributed by atoms with Crippen LogP contribution in [0.3, 0.4) is 0 Å². The Bertz CT molecular complexity index is 457. The predicted molar refractivity (Wildman–Crippen MR) is 70.9 cm³/mol. The first kappa shape index (κ1) is 14.0. The molecule has 0 saturated carbocycles. The van der Waals surface area contributed by atoms with Gasteiger partial charge in [0.25, 0.3) is 0 Å². The number of para-hydroxylation sites is 1. The molecule has 4 nitrogen and oxygen atoms in total. The Morgan fingerprint density at radius 3 is 2.53 bits per heavy atom. The third-order valence-corrected chi connectivity index (χ3v) is 3.81. The second-order valence-corrected chi connectivity index (χ2v) is 6.08. The number of nitrogens with one attached hydrogen (secondary N) is 1. The molecule has 0 saturated heterocycles. The lowest BCUT2D eigenvalue weighted by Crippen LogP contribution is -2.23. The molecule has 1 atom stereocenters. The second kappa shape index (κ2) is 6.02. The molecule has 3 N–H and O–H groups in total. The monoisotopic (exact) mass is 256 g/mol. The molecular formula is C12H20N2O2S. The van der Waals surface area contributed by atoms with E-state index >= 15 is 0 Å². The summed E-state index contributed by atoms with van der Waals surface area (Å²) in [6, 6.07) is 7.17. The van der Waals surface area contributed by atoms with Gasteiger partial charge in [-0.05, 0) is 31.5 Å². The van der Waals surface area contributed by atoms with Gasteiger partial charge in [-0.15, -0.1) is 0 Å². The minimum absolute atomic E-state index is 0.211. The lowest BCUT2D eigenvalue weighted by atomic mass is 10.1. The summed E-state index contributed by atoms with van der Waals surface area (Å²) in [7, 11) is -3.20. The molecule has 0 heterocycles. The maximum Gasteiger partial charge on any atom is 0.177 e. The Kier molecular flexibility index (Phi) is 4.96. The molecule has 0 bridgehead atoms. The maximum absolute atomic E-state index is 11.6. The van der Waals surface area contributed by atoms with Gasteiger partial charge in [0, 0.05) is 12.3 Å². The number of anilines is 1. The average molecular weight is 256 g/mol. The zero-order valence-electron chi connectivity index (χ0n) is 10.3. The zero-order chi connectivity index (χ0) is 12.9. The number of nitrogens with two attached hydrogens (primary N) is 1. The molecular weight excluding hydrogens is 236 g/mol. The summed E-state index contributed by atoms with van der Waals surface area (Å²) >= 11 is 0. The summed E-state index contributed by atoms with van der Waals surface area (Å²) in [4.78, 5) is 0.343. The van der Waals surface area contributed by atoms with Crippen LogP contribution >= 0.6 is 0 Å². The van der Waals surface area contributed by atoms with E-state index in [4.69, 9.17) is 5.73 Å². The Morgan fingerprint density at radius 1 is 1.35 bits per heavy atom. The van der Waals surface area contributed by atoms with E-state index in [-0.39, 0.29) is 6.04 Å². The van der Waals surface area contributed by atoms with Gasteiger partial charge in [0.15, 0.2) is 9.84 Å². The molecule has 5 heteroatoms. The second-order valence-electron chi connectivity index (χ2n) is 4.10.